The second kappa shape index (κ2) is 9.47. The highest BCUT2D eigenvalue weighted by Crippen LogP contribution is 2.35. The second-order valence-electron chi connectivity index (χ2n) is 7.89. The van der Waals surface area contributed by atoms with Gasteiger partial charge in [0.15, 0.2) is 0 Å². The van der Waals surface area contributed by atoms with Crippen molar-refractivity contribution in [2.75, 3.05) is 19.8 Å². The van der Waals surface area contributed by atoms with E-state index in [0.29, 0.717) is 30.3 Å². The first-order valence-electron chi connectivity index (χ1n) is 9.96. The number of rotatable bonds is 7. The van der Waals surface area contributed by atoms with E-state index < -0.39 is 10.0 Å². The molecule has 0 saturated carbocycles. The van der Waals surface area contributed by atoms with E-state index in [0.717, 1.165) is 18.4 Å². The molecule has 0 unspecified atom stereocenters. The van der Waals surface area contributed by atoms with Crippen LogP contribution in [0.5, 0.6) is 0 Å². The summed E-state index contributed by atoms with van der Waals surface area (Å²) in [5.41, 5.74) is 1.25. The Labute approximate surface area is 183 Å². The predicted octanol–water partition coefficient (Wildman–Crippen LogP) is 3.50. The fourth-order valence-corrected chi connectivity index (χ4v) is 5.10. The summed E-state index contributed by atoms with van der Waals surface area (Å²) in [4.78, 5) is 12.9. The Bertz CT molecular complexity index is 984. The maximum absolute atomic E-state index is 12.7. The molecule has 0 aromatic heterocycles. The minimum Gasteiger partial charge on any atom is -0.381 e. The van der Waals surface area contributed by atoms with E-state index >= 15 is 0 Å². The lowest BCUT2D eigenvalue weighted by Crippen LogP contribution is -2.44. The quantitative estimate of drug-likeness (QED) is 0.676. The number of hydrogen-bond donors (Lipinski definition) is 2. The van der Waals surface area contributed by atoms with Crippen LogP contribution in [0.2, 0.25) is 5.02 Å². The van der Waals surface area contributed by atoms with Crippen molar-refractivity contribution < 1.29 is 17.9 Å². The molecule has 0 atom stereocenters. The summed E-state index contributed by atoms with van der Waals surface area (Å²) in [5.74, 6) is -0.247. The van der Waals surface area contributed by atoms with E-state index in [1.807, 2.05) is 24.3 Å². The van der Waals surface area contributed by atoms with E-state index in [1.54, 1.807) is 13.8 Å². The molecule has 0 aliphatic carbocycles. The molecule has 8 heteroatoms. The van der Waals surface area contributed by atoms with Crippen LogP contribution in [-0.4, -0.2) is 40.1 Å². The molecule has 2 aromatic carbocycles. The Kier molecular flexibility index (Phi) is 7.18. The first-order valence-corrected chi connectivity index (χ1v) is 11.8. The van der Waals surface area contributed by atoms with Gasteiger partial charge in [-0.1, -0.05) is 23.7 Å². The number of carbonyl (C=O) groups excluding carboxylic acids is 1. The third-order valence-corrected chi connectivity index (χ3v) is 7.20. The van der Waals surface area contributed by atoms with Gasteiger partial charge in [0.05, 0.1) is 4.90 Å². The summed E-state index contributed by atoms with van der Waals surface area (Å²) in [6.45, 7) is 5.21. The Balaban J connectivity index is 1.73. The number of halogens is 1. The third-order valence-electron chi connectivity index (χ3n) is 5.29. The average Bonchev–Trinajstić information content (AvgIpc) is 2.72. The molecule has 6 nitrogen and oxygen atoms in total. The van der Waals surface area contributed by atoms with Crippen molar-refractivity contribution in [1.82, 2.24) is 10.0 Å². The van der Waals surface area contributed by atoms with E-state index in [4.69, 9.17) is 16.3 Å². The molecule has 2 aromatic rings. The van der Waals surface area contributed by atoms with Crippen LogP contribution in [0.15, 0.2) is 53.4 Å². The Morgan fingerprint density at radius 2 is 1.80 bits per heavy atom. The molecule has 30 heavy (non-hydrogen) atoms. The fourth-order valence-electron chi connectivity index (χ4n) is 3.66. The minimum atomic E-state index is -3.59. The number of benzene rings is 2. The van der Waals surface area contributed by atoms with Gasteiger partial charge in [0.2, 0.25) is 10.0 Å². The molecule has 1 aliphatic heterocycles. The Morgan fingerprint density at radius 1 is 1.13 bits per heavy atom. The standard InChI is InChI=1S/C22H27ClN2O4S/c1-16(2)25-30(27,28)20-8-6-17(7-9-20)21(26)24-15-22(10-12-29-13-11-22)18-4-3-5-19(23)14-18/h3-9,14,16,25H,10-13,15H2,1-2H3,(H,24,26). The molecule has 3 rings (SSSR count). The molecule has 0 radical (unpaired) electrons. The third kappa shape index (κ3) is 5.40. The van der Waals surface area contributed by atoms with Gasteiger partial charge in [-0.25, -0.2) is 13.1 Å². The smallest absolute Gasteiger partial charge is 0.251 e. The molecule has 1 fully saturated rings. The van der Waals surface area contributed by atoms with Crippen molar-refractivity contribution in [3.63, 3.8) is 0 Å². The van der Waals surface area contributed by atoms with Crippen molar-refractivity contribution in [2.24, 2.45) is 0 Å². The van der Waals surface area contributed by atoms with Crippen molar-refractivity contribution in [3.8, 4) is 0 Å². The number of sulfonamides is 1. The summed E-state index contributed by atoms with van der Waals surface area (Å²) in [6.07, 6.45) is 1.57. The van der Waals surface area contributed by atoms with Crippen LogP contribution < -0.4 is 10.0 Å². The van der Waals surface area contributed by atoms with Gasteiger partial charge in [-0.15, -0.1) is 0 Å². The van der Waals surface area contributed by atoms with Crippen LogP contribution in [0.1, 0.15) is 42.6 Å². The molecule has 1 heterocycles. The maximum Gasteiger partial charge on any atom is 0.251 e. The summed E-state index contributed by atoms with van der Waals surface area (Å²) in [7, 11) is -3.59. The fraction of sp³-hybridized carbons (Fsp3) is 0.409. The van der Waals surface area contributed by atoms with E-state index in [-0.39, 0.29) is 22.3 Å². The molecule has 162 valence electrons. The van der Waals surface area contributed by atoms with Gasteiger partial charge in [0.1, 0.15) is 0 Å². The van der Waals surface area contributed by atoms with Crippen molar-refractivity contribution in [3.05, 3.63) is 64.7 Å². The normalized spacial score (nSPS) is 16.4. The van der Waals surface area contributed by atoms with Crippen molar-refractivity contribution in [1.29, 1.82) is 0 Å². The van der Waals surface area contributed by atoms with Gasteiger partial charge in [0, 0.05) is 41.8 Å². The second-order valence-corrected chi connectivity index (χ2v) is 10.0. The zero-order chi connectivity index (χ0) is 21.8. The van der Waals surface area contributed by atoms with Crippen molar-refractivity contribution >= 4 is 27.5 Å². The molecule has 1 saturated heterocycles. The highest BCUT2D eigenvalue weighted by molar-refractivity contribution is 7.89. The molecule has 2 N–H and O–H groups in total. The first kappa shape index (κ1) is 22.7. The van der Waals surface area contributed by atoms with Crippen LogP contribution in [0.4, 0.5) is 0 Å². The summed E-state index contributed by atoms with van der Waals surface area (Å²) in [6, 6.07) is 13.5. The van der Waals surface area contributed by atoms with E-state index in [9.17, 15) is 13.2 Å². The first-order chi connectivity index (χ1) is 14.2. The van der Waals surface area contributed by atoms with Crippen LogP contribution in [-0.2, 0) is 20.2 Å². The molecular weight excluding hydrogens is 424 g/mol. The summed E-state index contributed by atoms with van der Waals surface area (Å²) < 4.78 is 32.6. The molecule has 1 aliphatic rings. The number of ether oxygens (including phenoxy) is 1. The van der Waals surface area contributed by atoms with Gasteiger partial charge in [-0.2, -0.15) is 0 Å². The monoisotopic (exact) mass is 450 g/mol. The SMILES string of the molecule is CC(C)NS(=O)(=O)c1ccc(C(=O)NCC2(c3cccc(Cl)c3)CCOCC2)cc1. The summed E-state index contributed by atoms with van der Waals surface area (Å²) >= 11 is 6.19. The van der Waals surface area contributed by atoms with Gasteiger partial charge in [-0.05, 0) is 68.7 Å². The largest absolute Gasteiger partial charge is 0.381 e. The highest BCUT2D eigenvalue weighted by Gasteiger charge is 2.35. The topological polar surface area (TPSA) is 84.5 Å². The van der Waals surface area contributed by atoms with Crippen LogP contribution >= 0.6 is 11.6 Å². The lowest BCUT2D eigenvalue weighted by Gasteiger charge is -2.38. The Hall–Kier alpha value is -1.93. The zero-order valence-electron chi connectivity index (χ0n) is 17.2. The average molecular weight is 451 g/mol. The van der Waals surface area contributed by atoms with Crippen LogP contribution in [0.25, 0.3) is 0 Å². The minimum absolute atomic E-state index is 0.132. The van der Waals surface area contributed by atoms with Gasteiger partial charge < -0.3 is 10.1 Å². The van der Waals surface area contributed by atoms with Gasteiger partial charge in [-0.3, -0.25) is 4.79 Å². The van der Waals surface area contributed by atoms with Gasteiger partial charge >= 0.3 is 0 Å². The zero-order valence-corrected chi connectivity index (χ0v) is 18.7. The van der Waals surface area contributed by atoms with E-state index in [2.05, 4.69) is 10.0 Å². The molecular formula is C22H27ClN2O4S. The van der Waals surface area contributed by atoms with Crippen molar-refractivity contribution in [2.45, 2.75) is 43.0 Å². The molecule has 0 bridgehead atoms. The molecule has 1 amide bonds. The Morgan fingerprint density at radius 3 is 2.40 bits per heavy atom. The lowest BCUT2D eigenvalue weighted by molar-refractivity contribution is 0.0487. The number of amides is 1. The lowest BCUT2D eigenvalue weighted by atomic mass is 9.74. The number of hydrogen-bond acceptors (Lipinski definition) is 4. The van der Waals surface area contributed by atoms with Crippen LogP contribution in [0, 0.1) is 0 Å². The number of carbonyl (C=O) groups is 1. The summed E-state index contributed by atoms with van der Waals surface area (Å²) in [5, 5.41) is 3.68. The highest BCUT2D eigenvalue weighted by atomic mass is 35.5. The molecule has 0 spiro atoms. The van der Waals surface area contributed by atoms with Crippen LogP contribution in [0.3, 0.4) is 0 Å². The predicted molar refractivity (Wildman–Crippen MR) is 117 cm³/mol. The van der Waals surface area contributed by atoms with E-state index in [1.165, 1.54) is 24.3 Å². The maximum atomic E-state index is 12.7. The van der Waals surface area contributed by atoms with Gasteiger partial charge in [0.25, 0.3) is 5.91 Å². The number of nitrogens with one attached hydrogen (secondary N) is 2.